The molecule has 1 saturated heterocycles. The minimum absolute atomic E-state index is 0.464. The number of nitrogens with one attached hydrogen (secondary N) is 1. The maximum absolute atomic E-state index is 5.33. The van der Waals surface area contributed by atoms with Gasteiger partial charge in [0.05, 0.1) is 12.8 Å². The highest BCUT2D eigenvalue weighted by Gasteiger charge is 2.15. The molecule has 1 N–H and O–H groups in total. The van der Waals surface area contributed by atoms with E-state index in [9.17, 15) is 0 Å². The zero-order valence-electron chi connectivity index (χ0n) is 9.82. The topological polar surface area (TPSA) is 43.4 Å². The zero-order valence-corrected chi connectivity index (χ0v) is 9.82. The zero-order chi connectivity index (χ0) is 11.4. The molecule has 2 rings (SSSR count). The Bertz CT molecular complexity index is 349. The number of aromatic nitrogens is 1. The summed E-state index contributed by atoms with van der Waals surface area (Å²) < 4.78 is 10.6. The predicted octanol–water partition coefficient (Wildman–Crippen LogP) is 1.99. The highest BCUT2D eigenvalue weighted by molar-refractivity contribution is 5.54. The summed E-state index contributed by atoms with van der Waals surface area (Å²) in [5.74, 6) is 0.664. The van der Waals surface area contributed by atoms with Crippen molar-refractivity contribution in [1.82, 2.24) is 4.98 Å². The van der Waals surface area contributed by atoms with Gasteiger partial charge in [-0.15, -0.1) is 0 Å². The molecule has 4 heteroatoms. The molecule has 1 aromatic heterocycles. The fourth-order valence-corrected chi connectivity index (χ4v) is 1.88. The molecule has 0 unspecified atom stereocenters. The van der Waals surface area contributed by atoms with Crippen LogP contribution in [-0.4, -0.2) is 31.3 Å². The van der Waals surface area contributed by atoms with Gasteiger partial charge in [0.1, 0.15) is 0 Å². The molecule has 0 amide bonds. The third-order valence-electron chi connectivity index (χ3n) is 2.76. The molecule has 1 aliphatic rings. The van der Waals surface area contributed by atoms with Crippen LogP contribution in [0.1, 0.15) is 18.4 Å². The lowest BCUT2D eigenvalue weighted by molar-refractivity contribution is 0.0904. The number of hydrogen-bond acceptors (Lipinski definition) is 4. The van der Waals surface area contributed by atoms with Crippen molar-refractivity contribution in [3.05, 3.63) is 17.8 Å². The van der Waals surface area contributed by atoms with Gasteiger partial charge in [-0.25, -0.2) is 4.98 Å². The van der Waals surface area contributed by atoms with E-state index < -0.39 is 0 Å². The fourth-order valence-electron chi connectivity index (χ4n) is 1.88. The number of methoxy groups -OCH3 is 1. The van der Waals surface area contributed by atoms with E-state index in [-0.39, 0.29) is 0 Å². The molecular formula is C12H18N2O2. The van der Waals surface area contributed by atoms with Crippen molar-refractivity contribution in [2.75, 3.05) is 25.6 Å². The van der Waals surface area contributed by atoms with E-state index in [0.29, 0.717) is 11.9 Å². The lowest BCUT2D eigenvalue weighted by atomic mass is 10.1. The van der Waals surface area contributed by atoms with Gasteiger partial charge in [-0.1, -0.05) is 0 Å². The first-order valence-corrected chi connectivity index (χ1v) is 5.64. The summed E-state index contributed by atoms with van der Waals surface area (Å²) >= 11 is 0. The molecule has 0 aromatic carbocycles. The summed E-state index contributed by atoms with van der Waals surface area (Å²) in [6, 6.07) is 2.53. The van der Waals surface area contributed by atoms with Crippen LogP contribution < -0.4 is 10.1 Å². The Hall–Kier alpha value is -1.29. The Morgan fingerprint density at radius 2 is 2.19 bits per heavy atom. The van der Waals surface area contributed by atoms with Gasteiger partial charge >= 0.3 is 0 Å². The van der Waals surface area contributed by atoms with Gasteiger partial charge in [-0.05, 0) is 31.4 Å². The number of hydrogen-bond donors (Lipinski definition) is 1. The fraction of sp³-hybridized carbons (Fsp3) is 0.583. The Morgan fingerprint density at radius 3 is 2.88 bits per heavy atom. The van der Waals surface area contributed by atoms with Crippen LogP contribution in [0.5, 0.6) is 5.88 Å². The number of nitrogens with zero attached hydrogens (tertiary/aromatic N) is 1. The van der Waals surface area contributed by atoms with Crippen LogP contribution in [0.4, 0.5) is 5.69 Å². The molecule has 0 saturated carbocycles. The third kappa shape index (κ3) is 2.64. The van der Waals surface area contributed by atoms with Gasteiger partial charge in [0.25, 0.3) is 0 Å². The molecule has 16 heavy (non-hydrogen) atoms. The van der Waals surface area contributed by atoms with Gasteiger partial charge < -0.3 is 14.8 Å². The van der Waals surface area contributed by atoms with Crippen LogP contribution in [0, 0.1) is 6.92 Å². The monoisotopic (exact) mass is 222 g/mol. The quantitative estimate of drug-likeness (QED) is 0.849. The summed E-state index contributed by atoms with van der Waals surface area (Å²) in [4.78, 5) is 4.25. The van der Waals surface area contributed by atoms with Crippen LogP contribution in [0.15, 0.2) is 12.3 Å². The van der Waals surface area contributed by atoms with Crippen LogP contribution in [0.3, 0.4) is 0 Å². The predicted molar refractivity (Wildman–Crippen MR) is 63.0 cm³/mol. The van der Waals surface area contributed by atoms with E-state index in [2.05, 4.69) is 16.4 Å². The first-order valence-electron chi connectivity index (χ1n) is 5.64. The van der Waals surface area contributed by atoms with Crippen molar-refractivity contribution in [2.45, 2.75) is 25.8 Å². The number of pyridine rings is 1. The first-order chi connectivity index (χ1) is 7.79. The highest BCUT2D eigenvalue weighted by atomic mass is 16.5. The molecule has 1 fully saturated rings. The average molecular weight is 222 g/mol. The van der Waals surface area contributed by atoms with Crippen molar-refractivity contribution in [3.8, 4) is 5.88 Å². The number of rotatable bonds is 3. The van der Waals surface area contributed by atoms with Crippen LogP contribution in [0.25, 0.3) is 0 Å². The number of ether oxygens (including phenoxy) is 2. The highest BCUT2D eigenvalue weighted by Crippen LogP contribution is 2.24. The minimum Gasteiger partial charge on any atom is -0.480 e. The Labute approximate surface area is 96.0 Å². The summed E-state index contributed by atoms with van der Waals surface area (Å²) in [6.45, 7) is 3.69. The SMILES string of the molecule is COc1ncc(C)cc1NC1CCOCC1. The molecule has 0 atom stereocenters. The normalized spacial score (nSPS) is 17.1. The number of anilines is 1. The van der Waals surface area contributed by atoms with Crippen molar-refractivity contribution in [1.29, 1.82) is 0 Å². The second kappa shape index (κ2) is 5.16. The van der Waals surface area contributed by atoms with Crippen molar-refractivity contribution >= 4 is 5.69 Å². The van der Waals surface area contributed by atoms with Crippen molar-refractivity contribution < 1.29 is 9.47 Å². The van der Waals surface area contributed by atoms with Gasteiger partial charge in [0.15, 0.2) is 0 Å². The first kappa shape index (κ1) is 11.2. The molecular weight excluding hydrogens is 204 g/mol. The molecule has 0 bridgehead atoms. The third-order valence-corrected chi connectivity index (χ3v) is 2.76. The van der Waals surface area contributed by atoms with E-state index in [0.717, 1.165) is 37.3 Å². The Kier molecular flexibility index (Phi) is 3.62. The molecule has 2 heterocycles. The van der Waals surface area contributed by atoms with E-state index in [4.69, 9.17) is 9.47 Å². The van der Waals surface area contributed by atoms with E-state index >= 15 is 0 Å². The summed E-state index contributed by atoms with van der Waals surface area (Å²) in [5, 5.41) is 3.47. The summed E-state index contributed by atoms with van der Waals surface area (Å²) in [6.07, 6.45) is 3.89. The number of aryl methyl sites for hydroxylation is 1. The molecule has 1 aliphatic heterocycles. The Balaban J connectivity index is 2.09. The van der Waals surface area contributed by atoms with Gasteiger partial charge in [-0.3, -0.25) is 0 Å². The maximum atomic E-state index is 5.33. The summed E-state index contributed by atoms with van der Waals surface area (Å²) in [7, 11) is 1.65. The largest absolute Gasteiger partial charge is 0.480 e. The maximum Gasteiger partial charge on any atom is 0.237 e. The van der Waals surface area contributed by atoms with Crippen molar-refractivity contribution in [2.24, 2.45) is 0 Å². The molecule has 0 aliphatic carbocycles. The van der Waals surface area contributed by atoms with Crippen LogP contribution in [-0.2, 0) is 4.74 Å². The van der Waals surface area contributed by atoms with E-state index in [1.54, 1.807) is 7.11 Å². The van der Waals surface area contributed by atoms with Crippen LogP contribution >= 0.6 is 0 Å². The van der Waals surface area contributed by atoms with Gasteiger partial charge in [0.2, 0.25) is 5.88 Å². The van der Waals surface area contributed by atoms with E-state index in [1.807, 2.05) is 13.1 Å². The molecule has 1 aromatic rings. The second-order valence-corrected chi connectivity index (χ2v) is 4.10. The molecule has 0 radical (unpaired) electrons. The smallest absolute Gasteiger partial charge is 0.237 e. The lowest BCUT2D eigenvalue weighted by Gasteiger charge is -2.24. The average Bonchev–Trinajstić information content (AvgIpc) is 2.31. The van der Waals surface area contributed by atoms with Gasteiger partial charge in [-0.2, -0.15) is 0 Å². The summed E-state index contributed by atoms with van der Waals surface area (Å²) in [5.41, 5.74) is 2.12. The molecule has 0 spiro atoms. The van der Waals surface area contributed by atoms with Crippen molar-refractivity contribution in [3.63, 3.8) is 0 Å². The standard InChI is InChI=1S/C12H18N2O2/c1-9-7-11(12(15-2)13-8-9)14-10-3-5-16-6-4-10/h7-8,10,14H,3-6H2,1-2H3. The molecule has 4 nitrogen and oxygen atoms in total. The lowest BCUT2D eigenvalue weighted by Crippen LogP contribution is -2.28. The molecule has 88 valence electrons. The van der Waals surface area contributed by atoms with E-state index in [1.165, 1.54) is 0 Å². The van der Waals surface area contributed by atoms with Crippen LogP contribution in [0.2, 0.25) is 0 Å². The van der Waals surface area contributed by atoms with Gasteiger partial charge in [0, 0.05) is 25.5 Å². The minimum atomic E-state index is 0.464. The second-order valence-electron chi connectivity index (χ2n) is 4.10. The Morgan fingerprint density at radius 1 is 1.44 bits per heavy atom.